The molecule has 6 nitrogen and oxygen atoms in total. The summed E-state index contributed by atoms with van der Waals surface area (Å²) in [7, 11) is 0. The normalized spacial score (nSPS) is 19.4. The fourth-order valence-corrected chi connectivity index (χ4v) is 2.89. The van der Waals surface area contributed by atoms with Crippen molar-refractivity contribution < 1.29 is 27.1 Å². The van der Waals surface area contributed by atoms with Gasteiger partial charge in [-0.15, -0.1) is 0 Å². The Kier molecular flexibility index (Phi) is 5.32. The molecular formula is C18H16F4N4O2. The van der Waals surface area contributed by atoms with Gasteiger partial charge < -0.3 is 15.8 Å². The molecule has 0 unspecified atom stereocenters. The third kappa shape index (κ3) is 3.55. The van der Waals surface area contributed by atoms with Gasteiger partial charge in [0.1, 0.15) is 18.1 Å². The van der Waals surface area contributed by atoms with Crippen LogP contribution in [-0.4, -0.2) is 36.4 Å². The van der Waals surface area contributed by atoms with Gasteiger partial charge in [0.15, 0.2) is 17.2 Å². The van der Waals surface area contributed by atoms with Crippen LogP contribution in [0, 0.1) is 18.6 Å². The van der Waals surface area contributed by atoms with Crippen molar-refractivity contribution in [1.82, 2.24) is 4.98 Å². The lowest BCUT2D eigenvalue weighted by Gasteiger charge is -2.33. The summed E-state index contributed by atoms with van der Waals surface area (Å²) >= 11 is 0. The number of ether oxygens (including phenoxy) is 1. The number of alkyl halides is 2. The number of benzene rings is 1. The molecule has 1 aromatic heterocycles. The Morgan fingerprint density at radius 1 is 1.36 bits per heavy atom. The third-order valence-electron chi connectivity index (χ3n) is 4.25. The van der Waals surface area contributed by atoms with Crippen LogP contribution in [0.1, 0.15) is 21.6 Å². The number of aliphatic imine (C=N–C) groups is 1. The van der Waals surface area contributed by atoms with Crippen molar-refractivity contribution in [3.05, 3.63) is 58.9 Å². The van der Waals surface area contributed by atoms with Gasteiger partial charge in [-0.3, -0.25) is 14.8 Å². The Balaban J connectivity index is 2.05. The molecule has 0 fully saturated rings. The molecule has 0 saturated heterocycles. The van der Waals surface area contributed by atoms with Crippen LogP contribution in [0.15, 0.2) is 35.5 Å². The molecule has 0 spiro atoms. The molecule has 0 radical (unpaired) electrons. The second kappa shape index (κ2) is 7.55. The number of hydrogen-bond donors (Lipinski definition) is 2. The van der Waals surface area contributed by atoms with Crippen LogP contribution in [-0.2, 0) is 10.3 Å². The van der Waals surface area contributed by atoms with Crippen molar-refractivity contribution in [2.24, 2.45) is 10.7 Å². The molecule has 1 aliphatic rings. The molecule has 0 aliphatic carbocycles. The number of aryl methyl sites for hydroxylation is 1. The van der Waals surface area contributed by atoms with Crippen LogP contribution in [0.4, 0.5) is 23.2 Å². The van der Waals surface area contributed by atoms with E-state index in [1.165, 1.54) is 6.20 Å². The molecule has 1 aliphatic heterocycles. The number of nitrogens with two attached hydrogens (primary N) is 1. The van der Waals surface area contributed by atoms with Crippen molar-refractivity contribution in [2.75, 3.05) is 18.5 Å². The minimum absolute atomic E-state index is 0.0561. The molecule has 2 heterocycles. The van der Waals surface area contributed by atoms with E-state index in [2.05, 4.69) is 15.3 Å². The van der Waals surface area contributed by atoms with Crippen LogP contribution >= 0.6 is 0 Å². The highest BCUT2D eigenvalue weighted by molar-refractivity contribution is 6.03. The Labute approximate surface area is 157 Å². The van der Waals surface area contributed by atoms with Crippen LogP contribution in [0.5, 0.6) is 0 Å². The Morgan fingerprint density at radius 2 is 2.11 bits per heavy atom. The smallest absolute Gasteiger partial charge is 0.274 e. The van der Waals surface area contributed by atoms with Gasteiger partial charge >= 0.3 is 0 Å². The summed E-state index contributed by atoms with van der Waals surface area (Å²) in [6.45, 7) is 0.744. The number of carbonyl (C=O) groups is 1. The number of anilines is 1. The molecule has 3 rings (SSSR count). The van der Waals surface area contributed by atoms with Gasteiger partial charge in [-0.05, 0) is 24.6 Å². The molecule has 1 atom stereocenters. The van der Waals surface area contributed by atoms with Gasteiger partial charge in [-0.25, -0.2) is 17.6 Å². The predicted octanol–water partition coefficient (Wildman–Crippen LogP) is 2.77. The van der Waals surface area contributed by atoms with Crippen molar-refractivity contribution in [1.29, 1.82) is 0 Å². The largest absolute Gasteiger partial charge is 0.385 e. The average molecular weight is 396 g/mol. The quantitative estimate of drug-likeness (QED) is 0.778. The summed E-state index contributed by atoms with van der Waals surface area (Å²) in [6.07, 6.45) is -1.84. The highest BCUT2D eigenvalue weighted by Gasteiger charge is 2.47. The van der Waals surface area contributed by atoms with Crippen molar-refractivity contribution >= 4 is 17.4 Å². The molecule has 3 N–H and O–H groups in total. The van der Waals surface area contributed by atoms with E-state index in [1.807, 2.05) is 0 Å². The number of nitrogens with one attached hydrogen (secondary N) is 1. The Hall–Kier alpha value is -3.01. The van der Waals surface area contributed by atoms with Gasteiger partial charge in [-0.1, -0.05) is 6.07 Å². The van der Waals surface area contributed by atoms with E-state index in [0.717, 1.165) is 6.07 Å². The molecule has 0 saturated carbocycles. The molecule has 10 heteroatoms. The fraction of sp³-hybridized carbons (Fsp3) is 0.278. The number of pyridine rings is 1. The summed E-state index contributed by atoms with van der Waals surface area (Å²) in [6, 6.07) is 4.85. The van der Waals surface area contributed by atoms with Crippen molar-refractivity contribution in [2.45, 2.75) is 18.9 Å². The highest BCUT2D eigenvalue weighted by atomic mass is 19.3. The van der Waals surface area contributed by atoms with E-state index in [0.29, 0.717) is 11.6 Å². The van der Waals surface area contributed by atoms with Crippen LogP contribution < -0.4 is 11.1 Å². The Morgan fingerprint density at radius 3 is 2.75 bits per heavy atom. The Bertz CT molecular complexity index is 951. The first-order valence-corrected chi connectivity index (χ1v) is 8.17. The minimum atomic E-state index is -3.23. The van der Waals surface area contributed by atoms with E-state index in [-0.39, 0.29) is 23.8 Å². The second-order valence-electron chi connectivity index (χ2n) is 6.26. The number of amidine groups is 1. The monoisotopic (exact) mass is 396 g/mol. The standard InChI is InChI=1S/C18H16F4N4O2/c1-9-3-2-4-24-15(9)16(27)25-10-5-11(14(20)12(19)6-10)18(17(21)22)8-28-7-13(23)26-18/h2-6,17H,7-8H2,1H3,(H2,23,26)(H,25,27)/t18-/m0/s1. The van der Waals surface area contributed by atoms with E-state index in [9.17, 15) is 22.4 Å². The third-order valence-corrected chi connectivity index (χ3v) is 4.25. The maximum absolute atomic E-state index is 14.4. The molecule has 148 valence electrons. The van der Waals surface area contributed by atoms with Crippen LogP contribution in [0.25, 0.3) is 0 Å². The maximum Gasteiger partial charge on any atom is 0.274 e. The number of amides is 1. The number of hydrogen-bond acceptors (Lipinski definition) is 5. The lowest BCUT2D eigenvalue weighted by atomic mass is 9.89. The van der Waals surface area contributed by atoms with Crippen molar-refractivity contribution in [3.63, 3.8) is 0 Å². The number of halogens is 4. The number of rotatable bonds is 4. The van der Waals surface area contributed by atoms with Gasteiger partial charge in [0.25, 0.3) is 12.3 Å². The number of carbonyl (C=O) groups excluding carboxylic acids is 1. The average Bonchev–Trinajstić information content (AvgIpc) is 2.64. The molecule has 0 bridgehead atoms. The van der Waals surface area contributed by atoms with Crippen LogP contribution in [0.3, 0.4) is 0 Å². The zero-order valence-corrected chi connectivity index (χ0v) is 14.7. The fourth-order valence-electron chi connectivity index (χ4n) is 2.89. The molecule has 28 heavy (non-hydrogen) atoms. The summed E-state index contributed by atoms with van der Waals surface area (Å²) in [5.74, 6) is -3.92. The van der Waals surface area contributed by atoms with E-state index in [4.69, 9.17) is 10.5 Å². The van der Waals surface area contributed by atoms with Gasteiger partial charge in [0.05, 0.1) is 6.61 Å². The first-order chi connectivity index (χ1) is 13.2. The molecular weight excluding hydrogens is 380 g/mol. The topological polar surface area (TPSA) is 89.6 Å². The minimum Gasteiger partial charge on any atom is -0.385 e. The summed E-state index contributed by atoms with van der Waals surface area (Å²) in [4.78, 5) is 20.0. The maximum atomic E-state index is 14.4. The van der Waals surface area contributed by atoms with E-state index < -0.39 is 41.7 Å². The van der Waals surface area contributed by atoms with Gasteiger partial charge in [-0.2, -0.15) is 0 Å². The summed E-state index contributed by atoms with van der Waals surface area (Å²) in [5.41, 5.74) is 2.57. The second-order valence-corrected chi connectivity index (χ2v) is 6.26. The molecule has 1 aromatic carbocycles. The zero-order valence-electron chi connectivity index (χ0n) is 14.7. The molecule has 1 amide bonds. The highest BCUT2D eigenvalue weighted by Crippen LogP contribution is 2.38. The number of aromatic nitrogens is 1. The van der Waals surface area contributed by atoms with E-state index in [1.54, 1.807) is 19.1 Å². The van der Waals surface area contributed by atoms with Gasteiger partial charge in [0, 0.05) is 23.5 Å². The van der Waals surface area contributed by atoms with Gasteiger partial charge in [0.2, 0.25) is 0 Å². The lowest BCUT2D eigenvalue weighted by molar-refractivity contribution is -0.0148. The first kappa shape index (κ1) is 19.7. The lowest BCUT2D eigenvalue weighted by Crippen LogP contribution is -2.45. The SMILES string of the molecule is Cc1cccnc1C(=O)Nc1cc(F)c(F)c([C@]2(C(F)F)COCC(N)=N2)c1. The summed E-state index contributed by atoms with van der Waals surface area (Å²) in [5, 5.41) is 2.34. The predicted molar refractivity (Wildman–Crippen MR) is 93.4 cm³/mol. The van der Waals surface area contributed by atoms with Crippen LogP contribution in [0.2, 0.25) is 0 Å². The molecule has 2 aromatic rings. The van der Waals surface area contributed by atoms with Crippen molar-refractivity contribution in [3.8, 4) is 0 Å². The van der Waals surface area contributed by atoms with E-state index >= 15 is 0 Å². The first-order valence-electron chi connectivity index (χ1n) is 8.17. The zero-order chi connectivity index (χ0) is 20.5. The summed E-state index contributed by atoms with van der Waals surface area (Å²) < 4.78 is 61.2. The number of nitrogens with zero attached hydrogens (tertiary/aromatic N) is 2.